The second-order valence-corrected chi connectivity index (χ2v) is 15.2. The zero-order chi connectivity index (χ0) is 37.9. The largest absolute Gasteiger partial charge is 0.472 e. The Labute approximate surface area is 305 Å². The number of phosphoric acid groups is 1. The molecule has 0 heterocycles. The van der Waals surface area contributed by atoms with E-state index < -0.39 is 75.7 Å². The summed E-state index contributed by atoms with van der Waals surface area (Å²) >= 11 is 0. The Hall–Kier alpha value is -1.41. The molecule has 1 aliphatic carbocycles. The second kappa shape index (κ2) is 29.0. The Morgan fingerprint density at radius 3 is 1.57 bits per heavy atom. The van der Waals surface area contributed by atoms with Gasteiger partial charge in [-0.15, -0.1) is 0 Å². The molecule has 1 aliphatic rings. The van der Waals surface area contributed by atoms with Crippen LogP contribution in [0.15, 0.2) is 12.2 Å². The van der Waals surface area contributed by atoms with Crippen molar-refractivity contribution in [2.75, 3.05) is 13.2 Å². The van der Waals surface area contributed by atoms with Gasteiger partial charge in [-0.05, 0) is 25.7 Å². The smallest absolute Gasteiger partial charge is 0.462 e. The lowest BCUT2D eigenvalue weighted by molar-refractivity contribution is -0.220. The van der Waals surface area contributed by atoms with Crippen molar-refractivity contribution in [2.45, 2.75) is 198 Å². The van der Waals surface area contributed by atoms with E-state index in [1.54, 1.807) is 0 Å². The van der Waals surface area contributed by atoms with Crippen LogP contribution in [0.5, 0.6) is 0 Å². The van der Waals surface area contributed by atoms with Crippen LogP contribution >= 0.6 is 7.82 Å². The van der Waals surface area contributed by atoms with Gasteiger partial charge < -0.3 is 39.9 Å². The average Bonchev–Trinajstić information content (AvgIpc) is 3.10. The van der Waals surface area contributed by atoms with Gasteiger partial charge in [0.1, 0.15) is 43.2 Å². The SMILES string of the molecule is CCCCCCCCCCCCC/C=C/CCC(=O)OC[C@@H](COP(=O)(O)OC1C(O)C(O)C(O)[C@H](O)C1O)OC(=O)CCCCCCCCC. The molecule has 51 heavy (non-hydrogen) atoms. The first-order valence-electron chi connectivity index (χ1n) is 19.5. The van der Waals surface area contributed by atoms with Gasteiger partial charge in [-0.25, -0.2) is 4.57 Å². The molecule has 8 atom stereocenters. The monoisotopic (exact) mass is 752 g/mol. The molecule has 0 aromatic carbocycles. The number of unbranched alkanes of at least 4 members (excludes halogenated alkanes) is 17. The first-order chi connectivity index (χ1) is 24.4. The van der Waals surface area contributed by atoms with Gasteiger partial charge >= 0.3 is 19.8 Å². The summed E-state index contributed by atoms with van der Waals surface area (Å²) in [5.74, 6) is -1.16. The molecular weight excluding hydrogens is 683 g/mol. The molecule has 0 aromatic heterocycles. The number of aliphatic hydroxyl groups is 5. The highest BCUT2D eigenvalue weighted by Crippen LogP contribution is 2.47. The minimum Gasteiger partial charge on any atom is -0.462 e. The van der Waals surface area contributed by atoms with Gasteiger partial charge in [0.25, 0.3) is 0 Å². The van der Waals surface area contributed by atoms with E-state index in [2.05, 4.69) is 19.9 Å². The van der Waals surface area contributed by atoms with E-state index in [0.29, 0.717) is 12.8 Å². The van der Waals surface area contributed by atoms with Crippen molar-refractivity contribution in [3.8, 4) is 0 Å². The lowest BCUT2D eigenvalue weighted by Gasteiger charge is -2.41. The topological polar surface area (TPSA) is 210 Å². The third kappa shape index (κ3) is 22.4. The first kappa shape index (κ1) is 47.6. The van der Waals surface area contributed by atoms with Gasteiger partial charge in [0, 0.05) is 12.8 Å². The first-order valence-corrected chi connectivity index (χ1v) is 21.0. The number of rotatable bonds is 31. The average molecular weight is 753 g/mol. The van der Waals surface area contributed by atoms with Crippen LogP contribution in [-0.4, -0.2) is 98.3 Å². The van der Waals surface area contributed by atoms with Gasteiger partial charge in [-0.2, -0.15) is 0 Å². The lowest BCUT2D eigenvalue weighted by Crippen LogP contribution is -2.64. The molecule has 6 N–H and O–H groups in total. The van der Waals surface area contributed by atoms with Crippen LogP contribution in [0, 0.1) is 0 Å². The summed E-state index contributed by atoms with van der Waals surface area (Å²) in [6.45, 7) is 3.17. The van der Waals surface area contributed by atoms with Gasteiger partial charge in [0.15, 0.2) is 6.10 Å². The maximum atomic E-state index is 12.7. The predicted octanol–water partition coefficient (Wildman–Crippen LogP) is 5.94. The number of esters is 2. The van der Waals surface area contributed by atoms with Gasteiger partial charge in [0.2, 0.25) is 0 Å². The van der Waals surface area contributed by atoms with E-state index in [9.17, 15) is 44.6 Å². The van der Waals surface area contributed by atoms with Crippen molar-refractivity contribution < 1.29 is 63.1 Å². The van der Waals surface area contributed by atoms with E-state index in [1.165, 1.54) is 70.6 Å². The normalized spacial score (nSPS) is 24.0. The molecule has 0 spiro atoms. The van der Waals surface area contributed by atoms with Crippen molar-refractivity contribution >= 4 is 19.8 Å². The number of aliphatic hydroxyl groups excluding tert-OH is 5. The molecule has 0 saturated heterocycles. The number of hydrogen-bond acceptors (Lipinski definition) is 12. The molecule has 14 heteroatoms. The molecule has 0 bridgehead atoms. The zero-order valence-corrected chi connectivity index (χ0v) is 32.0. The van der Waals surface area contributed by atoms with Crippen molar-refractivity contribution in [3.63, 3.8) is 0 Å². The molecule has 13 nitrogen and oxygen atoms in total. The van der Waals surface area contributed by atoms with Crippen LogP contribution < -0.4 is 0 Å². The summed E-state index contributed by atoms with van der Waals surface area (Å²) < 4.78 is 33.2. The fourth-order valence-corrected chi connectivity index (χ4v) is 6.86. The number of hydrogen-bond donors (Lipinski definition) is 6. The molecule has 0 aliphatic heterocycles. The Balaban J connectivity index is 2.50. The van der Waals surface area contributed by atoms with E-state index >= 15 is 0 Å². The van der Waals surface area contributed by atoms with Crippen molar-refractivity contribution in [1.29, 1.82) is 0 Å². The fourth-order valence-electron chi connectivity index (χ4n) is 5.89. The van der Waals surface area contributed by atoms with Crippen LogP contribution in [0.25, 0.3) is 0 Å². The molecule has 1 rings (SSSR count). The van der Waals surface area contributed by atoms with Crippen molar-refractivity contribution in [3.05, 3.63) is 12.2 Å². The molecule has 1 saturated carbocycles. The standard InChI is InChI=1S/C37H69O13P/c1-3-5-7-9-11-12-13-14-15-16-17-18-20-21-23-25-30(38)47-27-29(49-31(39)26-24-22-19-10-8-6-4-2)28-48-51(45,46)50-37-35(43)33(41)32(40)34(42)36(37)44/h20-21,29,32-37,40-44H,3-19,22-28H2,1-2H3,(H,45,46)/b21-20+/t29-,32?,33-,34?,35?,36?,37?/m0/s1. The summed E-state index contributed by atoms with van der Waals surface area (Å²) in [6, 6.07) is 0. The molecule has 1 fully saturated rings. The van der Waals surface area contributed by atoms with Gasteiger partial charge in [0.05, 0.1) is 6.61 Å². The number of allylic oxidation sites excluding steroid dienone is 2. The Bertz CT molecular complexity index is 964. The van der Waals surface area contributed by atoms with Crippen molar-refractivity contribution in [1.82, 2.24) is 0 Å². The minimum atomic E-state index is -5.10. The number of ether oxygens (including phenoxy) is 2. The lowest BCUT2D eigenvalue weighted by atomic mass is 9.85. The second-order valence-electron chi connectivity index (χ2n) is 13.8. The summed E-state index contributed by atoms with van der Waals surface area (Å²) in [5, 5.41) is 49.8. The molecule has 6 unspecified atom stereocenters. The molecule has 0 amide bonds. The Kier molecular flexibility index (Phi) is 27.1. The van der Waals surface area contributed by atoms with E-state index in [-0.39, 0.29) is 12.8 Å². The van der Waals surface area contributed by atoms with E-state index in [0.717, 1.165) is 44.9 Å². The highest BCUT2D eigenvalue weighted by Gasteiger charge is 2.51. The van der Waals surface area contributed by atoms with E-state index in [1.807, 2.05) is 6.08 Å². The fraction of sp³-hybridized carbons (Fsp3) is 0.892. The van der Waals surface area contributed by atoms with Crippen LogP contribution in [-0.2, 0) is 32.7 Å². The summed E-state index contributed by atoms with van der Waals surface area (Å²) in [5.41, 5.74) is 0. The van der Waals surface area contributed by atoms with Gasteiger partial charge in [-0.3, -0.25) is 18.6 Å². The quantitative estimate of drug-likeness (QED) is 0.0210. The number of phosphoric ester groups is 1. The van der Waals surface area contributed by atoms with E-state index in [4.69, 9.17) is 18.5 Å². The Morgan fingerprint density at radius 2 is 1.04 bits per heavy atom. The summed E-state index contributed by atoms with van der Waals surface area (Å²) in [4.78, 5) is 35.3. The Morgan fingerprint density at radius 1 is 0.588 bits per heavy atom. The third-order valence-electron chi connectivity index (χ3n) is 9.12. The van der Waals surface area contributed by atoms with Crippen LogP contribution in [0.1, 0.15) is 155 Å². The maximum Gasteiger partial charge on any atom is 0.472 e. The zero-order valence-electron chi connectivity index (χ0n) is 31.2. The molecular formula is C37H69O13P. The summed E-state index contributed by atoms with van der Waals surface area (Å²) in [7, 11) is -5.10. The number of carbonyl (C=O) groups excluding carboxylic acids is 2. The number of carbonyl (C=O) groups is 2. The van der Waals surface area contributed by atoms with Gasteiger partial charge in [-0.1, -0.05) is 129 Å². The molecule has 0 radical (unpaired) electrons. The maximum absolute atomic E-state index is 12.7. The van der Waals surface area contributed by atoms with Crippen molar-refractivity contribution in [2.24, 2.45) is 0 Å². The predicted molar refractivity (Wildman–Crippen MR) is 194 cm³/mol. The minimum absolute atomic E-state index is 0.0872. The van der Waals surface area contributed by atoms with Crippen LogP contribution in [0.2, 0.25) is 0 Å². The molecule has 0 aromatic rings. The third-order valence-corrected chi connectivity index (χ3v) is 10.1. The highest BCUT2D eigenvalue weighted by molar-refractivity contribution is 7.47. The highest BCUT2D eigenvalue weighted by atomic mass is 31.2. The molecule has 300 valence electrons. The van der Waals surface area contributed by atoms with Crippen LogP contribution in [0.4, 0.5) is 0 Å². The van der Waals surface area contributed by atoms with Crippen LogP contribution in [0.3, 0.4) is 0 Å². The summed E-state index contributed by atoms with van der Waals surface area (Å²) in [6.07, 6.45) is 13.4.